The van der Waals surface area contributed by atoms with E-state index in [1.54, 1.807) is 0 Å². The Morgan fingerprint density at radius 3 is 2.36 bits per heavy atom. The Morgan fingerprint density at radius 2 is 1.86 bits per heavy atom. The fraction of sp³-hybridized carbons (Fsp3) is 0.357. The molecule has 0 aromatic heterocycles. The summed E-state index contributed by atoms with van der Waals surface area (Å²) in [5.41, 5.74) is 4.33. The van der Waals surface area contributed by atoms with Crippen molar-refractivity contribution in [1.82, 2.24) is 5.32 Å². The molecule has 0 aliphatic heterocycles. The van der Waals surface area contributed by atoms with Gasteiger partial charge in [-0.15, -0.1) is 0 Å². The number of nitrogens with one attached hydrogen (secondary N) is 1. The number of amides is 1. The molecule has 0 bridgehead atoms. The van der Waals surface area contributed by atoms with Crippen LogP contribution in [0, 0.1) is 0 Å². The van der Waals surface area contributed by atoms with Crippen LogP contribution < -0.4 is 35.0 Å². The average molecular weight is 422 g/mol. The first-order chi connectivity index (χ1) is 9.93. The highest BCUT2D eigenvalue weighted by Gasteiger charge is 2.27. The van der Waals surface area contributed by atoms with Crippen molar-refractivity contribution in [2.24, 2.45) is 0 Å². The minimum Gasteiger partial charge on any atom is -1.00 e. The fourth-order valence-electron chi connectivity index (χ4n) is 1.78. The molecule has 0 heterocycles. The van der Waals surface area contributed by atoms with Crippen molar-refractivity contribution in [3.05, 3.63) is 35.9 Å². The predicted molar refractivity (Wildman–Crippen MR) is 73.0 cm³/mol. The van der Waals surface area contributed by atoms with Crippen LogP contribution in [-0.4, -0.2) is 42.1 Å². The highest BCUT2D eigenvalue weighted by atomic mass is 127. The molecular formula is C14H19IN2O5. The van der Waals surface area contributed by atoms with Crippen LogP contribution in [0.3, 0.4) is 0 Å². The van der Waals surface area contributed by atoms with Crippen LogP contribution in [0.5, 0.6) is 0 Å². The van der Waals surface area contributed by atoms with Gasteiger partial charge in [-0.1, -0.05) is 30.3 Å². The monoisotopic (exact) mass is 422 g/mol. The molecule has 1 rings (SSSR count). The molecule has 0 spiro atoms. The highest BCUT2D eigenvalue weighted by molar-refractivity contribution is 5.89. The summed E-state index contributed by atoms with van der Waals surface area (Å²) in [7, 11) is 1.23. The molecule has 1 aromatic carbocycles. The molecular weight excluding hydrogens is 403 g/mol. The van der Waals surface area contributed by atoms with E-state index in [2.05, 4.69) is 15.8 Å². The first-order valence-corrected chi connectivity index (χ1v) is 6.41. The zero-order valence-electron chi connectivity index (χ0n) is 12.1. The second kappa shape index (κ2) is 10.1. The third-order valence-electron chi connectivity index (χ3n) is 2.88. The molecule has 1 amide bonds. The average Bonchev–Trinajstić information content (AvgIpc) is 2.46. The van der Waals surface area contributed by atoms with Crippen molar-refractivity contribution in [2.75, 3.05) is 7.11 Å². The van der Waals surface area contributed by atoms with E-state index < -0.39 is 36.4 Å². The number of ether oxygens (including phenoxy) is 1. The van der Waals surface area contributed by atoms with Gasteiger partial charge in [0.25, 0.3) is 5.91 Å². The van der Waals surface area contributed by atoms with Gasteiger partial charge in [-0.3, -0.25) is 9.59 Å². The smallest absolute Gasteiger partial charge is 0.328 e. The Kier molecular flexibility index (Phi) is 9.34. The number of carboxylic acid groups (broad SMARTS) is 1. The third-order valence-corrected chi connectivity index (χ3v) is 2.88. The van der Waals surface area contributed by atoms with E-state index in [1.165, 1.54) is 7.11 Å². The van der Waals surface area contributed by atoms with Gasteiger partial charge >= 0.3 is 11.9 Å². The first-order valence-electron chi connectivity index (χ1n) is 6.41. The van der Waals surface area contributed by atoms with Crippen molar-refractivity contribution in [3.63, 3.8) is 0 Å². The van der Waals surface area contributed by atoms with Gasteiger partial charge in [0.05, 0.1) is 7.11 Å². The van der Waals surface area contributed by atoms with Gasteiger partial charge in [-0.05, 0) is 5.56 Å². The standard InChI is InChI=1S/C14H18N2O5.HI/c1-21-14(20)11(7-9-5-3-2-4-6-9)16-13(19)10(15)8-12(17)18;/h2-6,10-11H,7-8,15H2,1H3,(H,16,19)(H,17,18);1H/t10-,11+;/m0./s1. The van der Waals surface area contributed by atoms with Crippen LogP contribution in [0.1, 0.15) is 12.0 Å². The van der Waals surface area contributed by atoms with Crippen molar-refractivity contribution >= 4 is 17.8 Å². The summed E-state index contributed by atoms with van der Waals surface area (Å²) < 4.78 is 4.66. The van der Waals surface area contributed by atoms with E-state index in [1.807, 2.05) is 30.3 Å². The van der Waals surface area contributed by atoms with Crippen LogP contribution in [0.25, 0.3) is 0 Å². The molecule has 122 valence electrons. The molecule has 5 N–H and O–H groups in total. The first kappa shape index (κ1) is 20.3. The molecule has 0 saturated carbocycles. The number of hydrogen-bond donors (Lipinski definition) is 3. The number of quaternary nitrogens is 1. The van der Waals surface area contributed by atoms with E-state index in [-0.39, 0.29) is 30.4 Å². The van der Waals surface area contributed by atoms with Crippen LogP contribution in [0.4, 0.5) is 0 Å². The number of rotatable bonds is 7. The number of carboxylic acids is 1. The van der Waals surface area contributed by atoms with E-state index >= 15 is 0 Å². The van der Waals surface area contributed by atoms with Gasteiger partial charge in [0.15, 0.2) is 6.04 Å². The van der Waals surface area contributed by atoms with Crippen LogP contribution in [0.15, 0.2) is 30.3 Å². The quantitative estimate of drug-likeness (QED) is 0.306. The second-order valence-corrected chi connectivity index (χ2v) is 4.57. The molecule has 0 fully saturated rings. The lowest BCUT2D eigenvalue weighted by Gasteiger charge is -2.17. The topological polar surface area (TPSA) is 120 Å². The highest BCUT2D eigenvalue weighted by Crippen LogP contribution is 2.05. The SMILES string of the molecule is COC(=O)[C@@H](Cc1ccccc1)NC(=O)[C@@H]([NH3+])CC(=O)O.[I-]. The van der Waals surface area contributed by atoms with E-state index in [0.29, 0.717) is 0 Å². The van der Waals surface area contributed by atoms with Gasteiger partial charge in [0, 0.05) is 6.42 Å². The van der Waals surface area contributed by atoms with Crippen molar-refractivity contribution < 1.29 is 53.9 Å². The van der Waals surface area contributed by atoms with E-state index in [9.17, 15) is 14.4 Å². The molecule has 2 atom stereocenters. The number of benzene rings is 1. The summed E-state index contributed by atoms with van der Waals surface area (Å²) >= 11 is 0. The van der Waals surface area contributed by atoms with Crippen molar-refractivity contribution in [2.45, 2.75) is 24.9 Å². The number of carbonyl (C=O) groups is 3. The maximum absolute atomic E-state index is 11.9. The molecule has 1 aromatic rings. The maximum atomic E-state index is 11.9. The predicted octanol–water partition coefficient (Wildman–Crippen LogP) is -4.02. The summed E-state index contributed by atoms with van der Waals surface area (Å²) in [6, 6.07) is 7.28. The minimum atomic E-state index is -1.12. The normalized spacial score (nSPS) is 12.5. The maximum Gasteiger partial charge on any atom is 0.328 e. The summed E-state index contributed by atoms with van der Waals surface area (Å²) in [5, 5.41) is 11.1. The Balaban J connectivity index is 0.00000441. The summed E-state index contributed by atoms with van der Waals surface area (Å²) in [5.74, 6) is -2.30. The van der Waals surface area contributed by atoms with E-state index in [0.717, 1.165) is 5.56 Å². The largest absolute Gasteiger partial charge is 1.00 e. The van der Waals surface area contributed by atoms with Gasteiger partial charge < -0.3 is 44.9 Å². The Bertz CT molecular complexity index is 509. The number of esters is 1. The Hall–Kier alpha value is -1.68. The Morgan fingerprint density at radius 1 is 1.27 bits per heavy atom. The van der Waals surface area contributed by atoms with Gasteiger partial charge in [-0.2, -0.15) is 0 Å². The van der Waals surface area contributed by atoms with Crippen LogP contribution in [0.2, 0.25) is 0 Å². The number of carbonyl (C=O) groups excluding carboxylic acids is 2. The summed E-state index contributed by atoms with van der Waals surface area (Å²) in [4.78, 5) is 34.1. The molecule has 7 nitrogen and oxygen atoms in total. The third kappa shape index (κ3) is 6.85. The summed E-state index contributed by atoms with van der Waals surface area (Å²) in [6.07, 6.45) is -0.135. The Labute approximate surface area is 145 Å². The lowest BCUT2D eigenvalue weighted by Crippen LogP contribution is -3.00. The molecule has 8 heteroatoms. The lowest BCUT2D eigenvalue weighted by molar-refractivity contribution is -0.403. The number of hydrogen-bond acceptors (Lipinski definition) is 4. The van der Waals surface area contributed by atoms with Crippen LogP contribution >= 0.6 is 0 Å². The van der Waals surface area contributed by atoms with Gasteiger partial charge in [0.2, 0.25) is 0 Å². The van der Waals surface area contributed by atoms with Gasteiger partial charge in [-0.25, -0.2) is 4.79 Å². The zero-order valence-corrected chi connectivity index (χ0v) is 14.3. The number of aliphatic carboxylic acids is 1. The molecule has 0 aliphatic carbocycles. The fourth-order valence-corrected chi connectivity index (χ4v) is 1.78. The number of methoxy groups -OCH3 is 1. The molecule has 0 unspecified atom stereocenters. The minimum absolute atomic E-state index is 0. The molecule has 22 heavy (non-hydrogen) atoms. The molecule has 0 saturated heterocycles. The molecule has 0 radical (unpaired) electrons. The lowest BCUT2D eigenvalue weighted by atomic mass is 10.1. The number of halogens is 1. The van der Waals surface area contributed by atoms with Crippen LogP contribution in [-0.2, 0) is 25.5 Å². The second-order valence-electron chi connectivity index (χ2n) is 4.57. The summed E-state index contributed by atoms with van der Waals surface area (Å²) in [6.45, 7) is 0. The molecule has 0 aliphatic rings. The van der Waals surface area contributed by atoms with Crippen molar-refractivity contribution in [3.8, 4) is 0 Å². The van der Waals surface area contributed by atoms with Crippen molar-refractivity contribution in [1.29, 1.82) is 0 Å². The van der Waals surface area contributed by atoms with Gasteiger partial charge in [0.1, 0.15) is 12.5 Å². The van der Waals surface area contributed by atoms with E-state index in [4.69, 9.17) is 5.11 Å². The zero-order chi connectivity index (χ0) is 15.8.